The summed E-state index contributed by atoms with van der Waals surface area (Å²) in [5.74, 6) is 0.977. The average Bonchev–Trinajstić information content (AvgIpc) is 2.95. The van der Waals surface area contributed by atoms with Gasteiger partial charge in [-0.25, -0.2) is 0 Å². The van der Waals surface area contributed by atoms with Crippen molar-refractivity contribution in [3.8, 4) is 6.07 Å². The summed E-state index contributed by atoms with van der Waals surface area (Å²) in [6, 6.07) is 2.34. The molecule has 0 aromatic heterocycles. The topological polar surface area (TPSA) is 35.8 Å². The quantitative estimate of drug-likeness (QED) is 0.632. The van der Waals surface area contributed by atoms with Gasteiger partial charge in [-0.2, -0.15) is 5.26 Å². The molecule has 0 aliphatic heterocycles. The van der Waals surface area contributed by atoms with Crippen LogP contribution in [0.5, 0.6) is 0 Å². The van der Waals surface area contributed by atoms with Crippen molar-refractivity contribution in [2.24, 2.45) is 11.3 Å². The van der Waals surface area contributed by atoms with E-state index in [1.807, 2.05) is 13.8 Å². The summed E-state index contributed by atoms with van der Waals surface area (Å²) in [5.41, 5.74) is -0.128. The number of hydrogen-bond acceptors (Lipinski definition) is 2. The Hall–Kier alpha value is -0.550. The van der Waals surface area contributed by atoms with Gasteiger partial charge in [0.15, 0.2) is 0 Å². The Morgan fingerprint density at radius 2 is 2.07 bits per heavy atom. The zero-order valence-corrected chi connectivity index (χ0v) is 9.47. The summed E-state index contributed by atoms with van der Waals surface area (Å²) in [7, 11) is 0. The van der Waals surface area contributed by atoms with Crippen LogP contribution in [-0.4, -0.2) is 13.1 Å². The highest BCUT2D eigenvalue weighted by molar-refractivity contribution is 4.91. The van der Waals surface area contributed by atoms with E-state index < -0.39 is 0 Å². The van der Waals surface area contributed by atoms with E-state index in [0.29, 0.717) is 0 Å². The normalized spacial score (nSPS) is 16.6. The van der Waals surface area contributed by atoms with Crippen LogP contribution in [0.4, 0.5) is 0 Å². The fourth-order valence-electron chi connectivity index (χ4n) is 1.50. The average molecular weight is 194 g/mol. The van der Waals surface area contributed by atoms with Crippen LogP contribution in [0.2, 0.25) is 0 Å². The molecular formula is C12H22N2. The number of hydrogen-bond donors (Lipinski definition) is 1. The van der Waals surface area contributed by atoms with Gasteiger partial charge in [0.2, 0.25) is 0 Å². The second kappa shape index (κ2) is 5.36. The first-order valence-corrected chi connectivity index (χ1v) is 5.76. The van der Waals surface area contributed by atoms with Crippen LogP contribution in [0.25, 0.3) is 0 Å². The minimum absolute atomic E-state index is 0.128. The molecule has 0 atom stereocenters. The van der Waals surface area contributed by atoms with Crippen LogP contribution in [0.15, 0.2) is 0 Å². The molecule has 0 aromatic carbocycles. The number of nitriles is 1. The summed E-state index contributed by atoms with van der Waals surface area (Å²) in [4.78, 5) is 0. The van der Waals surface area contributed by atoms with Crippen LogP contribution < -0.4 is 5.32 Å². The summed E-state index contributed by atoms with van der Waals surface area (Å²) in [5, 5.41) is 12.3. The van der Waals surface area contributed by atoms with E-state index in [9.17, 15) is 0 Å². The minimum Gasteiger partial charge on any atom is -0.316 e. The molecular weight excluding hydrogens is 172 g/mol. The fourth-order valence-corrected chi connectivity index (χ4v) is 1.50. The fraction of sp³-hybridized carbons (Fsp3) is 0.917. The summed E-state index contributed by atoms with van der Waals surface area (Å²) < 4.78 is 0. The van der Waals surface area contributed by atoms with E-state index in [-0.39, 0.29) is 5.41 Å². The van der Waals surface area contributed by atoms with Crippen molar-refractivity contribution in [3.63, 3.8) is 0 Å². The van der Waals surface area contributed by atoms with Crippen molar-refractivity contribution in [2.45, 2.75) is 46.0 Å². The molecule has 2 nitrogen and oxygen atoms in total. The Labute approximate surface area is 87.7 Å². The van der Waals surface area contributed by atoms with Crippen molar-refractivity contribution < 1.29 is 0 Å². The zero-order chi connectivity index (χ0) is 10.4. The highest BCUT2D eigenvalue weighted by Gasteiger charge is 2.20. The van der Waals surface area contributed by atoms with Crippen molar-refractivity contribution in [3.05, 3.63) is 0 Å². The standard InChI is InChI=1S/C12H22N2/c1-12(2,10-13)7-3-4-8-14-9-11-5-6-11/h11,14H,3-9H2,1-2H3. The summed E-state index contributed by atoms with van der Waals surface area (Å²) in [6.07, 6.45) is 6.24. The van der Waals surface area contributed by atoms with Gasteiger partial charge in [0, 0.05) is 0 Å². The molecule has 0 heterocycles. The molecule has 1 N–H and O–H groups in total. The zero-order valence-electron chi connectivity index (χ0n) is 9.47. The lowest BCUT2D eigenvalue weighted by Crippen LogP contribution is -2.18. The molecule has 1 aliphatic carbocycles. The van der Waals surface area contributed by atoms with Crippen LogP contribution >= 0.6 is 0 Å². The maximum atomic E-state index is 8.81. The first-order chi connectivity index (χ1) is 6.64. The van der Waals surface area contributed by atoms with Gasteiger partial charge in [0.05, 0.1) is 11.5 Å². The summed E-state index contributed by atoms with van der Waals surface area (Å²) >= 11 is 0. The Morgan fingerprint density at radius 3 is 2.64 bits per heavy atom. The third-order valence-electron chi connectivity index (χ3n) is 2.84. The van der Waals surface area contributed by atoms with Crippen LogP contribution in [0.1, 0.15) is 46.0 Å². The van der Waals surface area contributed by atoms with E-state index in [4.69, 9.17) is 5.26 Å². The van der Waals surface area contributed by atoms with Gasteiger partial charge in [0.1, 0.15) is 0 Å². The smallest absolute Gasteiger partial charge is 0.0683 e. The van der Waals surface area contributed by atoms with Crippen molar-refractivity contribution >= 4 is 0 Å². The molecule has 14 heavy (non-hydrogen) atoms. The van der Waals surface area contributed by atoms with E-state index in [1.54, 1.807) is 0 Å². The SMILES string of the molecule is CC(C)(C#N)CCCCNCC1CC1. The molecule has 2 heteroatoms. The number of rotatable bonds is 7. The Balaban J connectivity index is 1.86. The molecule has 0 spiro atoms. The van der Waals surface area contributed by atoms with E-state index in [0.717, 1.165) is 25.3 Å². The molecule has 80 valence electrons. The molecule has 0 unspecified atom stereocenters. The predicted octanol–water partition coefficient (Wildman–Crippen LogP) is 2.71. The van der Waals surface area contributed by atoms with Gasteiger partial charge in [-0.15, -0.1) is 0 Å². The van der Waals surface area contributed by atoms with Gasteiger partial charge in [0.25, 0.3) is 0 Å². The second-order valence-corrected chi connectivity index (χ2v) is 5.10. The van der Waals surface area contributed by atoms with E-state index in [2.05, 4.69) is 11.4 Å². The van der Waals surface area contributed by atoms with Gasteiger partial charge < -0.3 is 5.32 Å². The third-order valence-corrected chi connectivity index (χ3v) is 2.84. The maximum Gasteiger partial charge on any atom is 0.0683 e. The Kier molecular flexibility index (Phi) is 4.41. The van der Waals surface area contributed by atoms with Gasteiger partial charge >= 0.3 is 0 Å². The number of nitrogens with zero attached hydrogens (tertiary/aromatic N) is 1. The molecule has 0 bridgehead atoms. The second-order valence-electron chi connectivity index (χ2n) is 5.10. The van der Waals surface area contributed by atoms with Gasteiger partial charge in [-0.3, -0.25) is 0 Å². The van der Waals surface area contributed by atoms with E-state index in [1.165, 1.54) is 25.8 Å². The lowest BCUT2D eigenvalue weighted by molar-refractivity contribution is 0.422. The van der Waals surface area contributed by atoms with E-state index >= 15 is 0 Å². The van der Waals surface area contributed by atoms with Crippen LogP contribution in [0, 0.1) is 22.7 Å². The maximum absolute atomic E-state index is 8.81. The lowest BCUT2D eigenvalue weighted by atomic mass is 9.89. The first-order valence-electron chi connectivity index (χ1n) is 5.76. The molecule has 0 aromatic rings. The predicted molar refractivity (Wildman–Crippen MR) is 58.8 cm³/mol. The van der Waals surface area contributed by atoms with Crippen molar-refractivity contribution in [1.29, 1.82) is 5.26 Å². The monoisotopic (exact) mass is 194 g/mol. The summed E-state index contributed by atoms with van der Waals surface area (Å²) in [6.45, 7) is 6.37. The lowest BCUT2D eigenvalue weighted by Gasteiger charge is -2.14. The molecule has 1 aliphatic rings. The van der Waals surface area contributed by atoms with Crippen molar-refractivity contribution in [2.75, 3.05) is 13.1 Å². The Bertz CT molecular complexity index is 199. The van der Waals surface area contributed by atoms with Crippen LogP contribution in [0.3, 0.4) is 0 Å². The van der Waals surface area contributed by atoms with Gasteiger partial charge in [-0.05, 0) is 58.5 Å². The van der Waals surface area contributed by atoms with Gasteiger partial charge in [-0.1, -0.05) is 6.42 Å². The molecule has 0 radical (unpaired) electrons. The molecule has 0 saturated heterocycles. The molecule has 0 amide bonds. The number of unbranched alkanes of at least 4 members (excludes halogenated alkanes) is 1. The first kappa shape index (κ1) is 11.5. The molecule has 1 fully saturated rings. The molecule has 1 rings (SSSR count). The van der Waals surface area contributed by atoms with Crippen LogP contribution in [-0.2, 0) is 0 Å². The molecule has 1 saturated carbocycles. The largest absolute Gasteiger partial charge is 0.316 e. The highest BCUT2D eigenvalue weighted by atomic mass is 14.9. The third kappa shape index (κ3) is 5.24. The van der Waals surface area contributed by atoms with Crippen molar-refractivity contribution in [1.82, 2.24) is 5.32 Å². The highest BCUT2D eigenvalue weighted by Crippen LogP contribution is 2.27. The number of nitrogens with one attached hydrogen (secondary N) is 1. The Morgan fingerprint density at radius 1 is 1.36 bits per heavy atom. The minimum atomic E-state index is -0.128.